The van der Waals surface area contributed by atoms with Crippen LogP contribution in [0, 0.1) is 30.4 Å². The van der Waals surface area contributed by atoms with Gasteiger partial charge in [-0.1, -0.05) is 0 Å². The number of aromatic nitrogens is 2. The van der Waals surface area contributed by atoms with Crippen LogP contribution in [0.2, 0.25) is 0 Å². The van der Waals surface area contributed by atoms with Gasteiger partial charge in [0.25, 0.3) is 6.47 Å². The monoisotopic (exact) mass is 450 g/mol. The fourth-order valence-corrected chi connectivity index (χ4v) is 4.47. The summed E-state index contributed by atoms with van der Waals surface area (Å²) >= 11 is 0. The predicted molar refractivity (Wildman–Crippen MR) is 111 cm³/mol. The van der Waals surface area contributed by atoms with Crippen LogP contribution in [0.5, 0.6) is 0 Å². The third-order valence-corrected chi connectivity index (χ3v) is 5.82. The maximum Gasteiger partial charge on any atom is 0.290 e. The normalized spacial score (nSPS) is 22.5. The maximum atomic E-state index is 13.3. The van der Waals surface area contributed by atoms with Crippen molar-refractivity contribution < 1.29 is 28.2 Å². The molecule has 10 heteroatoms. The van der Waals surface area contributed by atoms with Crippen molar-refractivity contribution in [1.82, 2.24) is 20.4 Å². The molecule has 1 aromatic heterocycles. The third kappa shape index (κ3) is 6.57. The van der Waals surface area contributed by atoms with Gasteiger partial charge < -0.3 is 15.2 Å². The lowest BCUT2D eigenvalue weighted by Gasteiger charge is -2.35. The molecule has 0 bridgehead atoms. The van der Waals surface area contributed by atoms with E-state index in [9.17, 15) is 13.6 Å². The van der Waals surface area contributed by atoms with Gasteiger partial charge in [-0.25, -0.2) is 8.78 Å². The van der Waals surface area contributed by atoms with Crippen molar-refractivity contribution in [3.8, 4) is 0 Å². The molecule has 3 atom stereocenters. The van der Waals surface area contributed by atoms with Crippen molar-refractivity contribution >= 4 is 12.4 Å². The average Bonchev–Trinajstić information content (AvgIpc) is 3.32. The zero-order valence-corrected chi connectivity index (χ0v) is 17.9. The van der Waals surface area contributed by atoms with E-state index in [0.29, 0.717) is 24.0 Å². The Labute approximate surface area is 184 Å². The minimum atomic E-state index is -0.645. The average molecular weight is 450 g/mol. The summed E-state index contributed by atoms with van der Waals surface area (Å²) in [7, 11) is 0. The van der Waals surface area contributed by atoms with Crippen LogP contribution < -0.4 is 5.32 Å². The number of halogens is 2. The summed E-state index contributed by atoms with van der Waals surface area (Å²) < 4.78 is 32.4. The number of benzene rings is 1. The molecular weight excluding hydrogens is 422 g/mol. The van der Waals surface area contributed by atoms with Gasteiger partial charge in [-0.05, 0) is 49.6 Å². The lowest BCUT2D eigenvalue weighted by molar-refractivity contribution is -0.124. The lowest BCUT2D eigenvalue weighted by Crippen LogP contribution is -2.42. The number of nitrogens with one attached hydrogen (secondary N) is 2. The van der Waals surface area contributed by atoms with E-state index < -0.39 is 11.6 Å². The first-order valence-electron chi connectivity index (χ1n) is 10.5. The number of carbonyl (C=O) groups excluding carboxylic acids is 1. The van der Waals surface area contributed by atoms with Crippen LogP contribution in [0.15, 0.2) is 24.3 Å². The number of carbonyl (C=O) groups is 2. The number of piperidine rings is 1. The molecule has 2 aromatic rings. The Hall–Kier alpha value is -2.85. The second-order valence-corrected chi connectivity index (χ2v) is 8.23. The van der Waals surface area contributed by atoms with Gasteiger partial charge in [0.05, 0.1) is 24.8 Å². The molecule has 3 N–H and O–H groups in total. The van der Waals surface area contributed by atoms with Gasteiger partial charge in [0.1, 0.15) is 11.6 Å². The van der Waals surface area contributed by atoms with E-state index in [0.717, 1.165) is 43.5 Å². The van der Waals surface area contributed by atoms with Crippen LogP contribution in [0.4, 0.5) is 8.78 Å². The fraction of sp³-hybridized carbons (Fsp3) is 0.500. The van der Waals surface area contributed by atoms with Gasteiger partial charge in [-0.15, -0.1) is 0 Å². The first kappa shape index (κ1) is 23.8. The van der Waals surface area contributed by atoms with Gasteiger partial charge >= 0.3 is 0 Å². The summed E-state index contributed by atoms with van der Waals surface area (Å²) in [4.78, 5) is 23.1. The summed E-state index contributed by atoms with van der Waals surface area (Å²) in [6, 6.07) is 5.33. The number of fused-ring (bicyclic) bond motifs is 1. The molecule has 0 unspecified atom stereocenters. The lowest BCUT2D eigenvalue weighted by atomic mass is 9.83. The predicted octanol–water partition coefficient (Wildman–Crippen LogP) is 2.24. The Morgan fingerprint density at radius 3 is 2.72 bits per heavy atom. The molecule has 0 saturated carbocycles. The topological polar surface area (TPSA) is 108 Å². The molecule has 8 nitrogen and oxygen atoms in total. The highest BCUT2D eigenvalue weighted by atomic mass is 19.1. The van der Waals surface area contributed by atoms with Crippen LogP contribution in [0.25, 0.3) is 0 Å². The number of rotatable bonds is 6. The number of carboxylic acid groups (broad SMARTS) is 1. The second kappa shape index (κ2) is 11.1. The molecular formula is C22H28F2N4O4. The number of hydrogen-bond acceptors (Lipinski definition) is 5. The van der Waals surface area contributed by atoms with E-state index in [1.807, 2.05) is 6.92 Å². The Morgan fingerprint density at radius 2 is 2.06 bits per heavy atom. The van der Waals surface area contributed by atoms with Crippen LogP contribution in [-0.2, 0) is 27.4 Å². The van der Waals surface area contributed by atoms with Crippen molar-refractivity contribution in [1.29, 1.82) is 0 Å². The van der Waals surface area contributed by atoms with Gasteiger partial charge in [-0.3, -0.25) is 19.6 Å². The Balaban J connectivity index is 0.000000913. The molecule has 174 valence electrons. The van der Waals surface area contributed by atoms with E-state index in [2.05, 4.69) is 26.5 Å². The molecule has 2 saturated heterocycles. The summed E-state index contributed by atoms with van der Waals surface area (Å²) in [6.45, 7) is 5.23. The van der Waals surface area contributed by atoms with E-state index >= 15 is 0 Å². The summed E-state index contributed by atoms with van der Waals surface area (Å²) in [5, 5.41) is 16.9. The Bertz CT molecular complexity index is 903. The highest BCUT2D eigenvalue weighted by Crippen LogP contribution is 2.36. The largest absolute Gasteiger partial charge is 0.483 e. The van der Waals surface area contributed by atoms with Crippen LogP contribution in [0.1, 0.15) is 29.8 Å². The van der Waals surface area contributed by atoms with Crippen LogP contribution in [0.3, 0.4) is 0 Å². The summed E-state index contributed by atoms with van der Waals surface area (Å²) in [5.41, 5.74) is 2.51. The van der Waals surface area contributed by atoms with Crippen molar-refractivity contribution in [2.75, 3.05) is 19.7 Å². The zero-order valence-electron chi connectivity index (χ0n) is 17.9. The van der Waals surface area contributed by atoms with E-state index in [-0.39, 0.29) is 31.4 Å². The second-order valence-electron chi connectivity index (χ2n) is 8.23. The molecule has 4 rings (SSSR count). The molecule has 3 heterocycles. The van der Waals surface area contributed by atoms with Crippen LogP contribution >= 0.6 is 0 Å². The number of hydrogen-bond donors (Lipinski definition) is 3. The summed E-state index contributed by atoms with van der Waals surface area (Å²) in [6.07, 6.45) is 1.16. The molecule has 2 fully saturated rings. The van der Waals surface area contributed by atoms with Crippen molar-refractivity contribution in [2.24, 2.45) is 11.8 Å². The molecule has 0 aliphatic carbocycles. The number of H-pyrrole nitrogens is 1. The van der Waals surface area contributed by atoms with Gasteiger partial charge in [0.2, 0.25) is 5.91 Å². The van der Waals surface area contributed by atoms with Crippen LogP contribution in [-0.4, -0.2) is 58.4 Å². The van der Waals surface area contributed by atoms with E-state index in [1.54, 1.807) is 0 Å². The number of nitrogens with zero attached hydrogens (tertiary/aromatic N) is 2. The molecule has 0 radical (unpaired) electrons. The minimum Gasteiger partial charge on any atom is -0.483 e. The highest BCUT2D eigenvalue weighted by molar-refractivity contribution is 5.76. The Morgan fingerprint density at radius 1 is 1.34 bits per heavy atom. The van der Waals surface area contributed by atoms with E-state index in [4.69, 9.17) is 14.6 Å². The van der Waals surface area contributed by atoms with E-state index in [1.165, 1.54) is 12.1 Å². The van der Waals surface area contributed by atoms with Crippen molar-refractivity contribution in [3.63, 3.8) is 0 Å². The number of likely N-dealkylation sites (tertiary alicyclic amines) is 1. The SMILES string of the molecule is Cc1cc(CN2CC[C@@H]3[C@@H](CO[C@H]3CC(=O)NCc3cc(F)cc(F)c3)C2)n[nH]1.O=CO. The first-order valence-corrected chi connectivity index (χ1v) is 10.5. The van der Waals surface area contributed by atoms with Crippen molar-refractivity contribution in [2.45, 2.75) is 39.0 Å². The molecule has 2 aliphatic rings. The van der Waals surface area contributed by atoms with Gasteiger partial charge in [0, 0.05) is 37.3 Å². The minimum absolute atomic E-state index is 0.0981. The smallest absolute Gasteiger partial charge is 0.290 e. The maximum absolute atomic E-state index is 13.3. The molecule has 1 aromatic carbocycles. The van der Waals surface area contributed by atoms with Crippen molar-refractivity contribution in [3.05, 3.63) is 52.9 Å². The fourth-order valence-electron chi connectivity index (χ4n) is 4.47. The standard InChI is InChI=1S/C21H26F2N4O2.CH2O2/c1-13-4-18(26-25-13)11-27-3-2-19-15(10-27)12-29-20(19)8-21(28)24-9-14-5-16(22)7-17(23)6-14;2-1-3/h4-7,15,19-20H,2-3,8-12H2,1H3,(H,24,28)(H,25,26);1H,(H,2,3)/t15-,19-,20+;/m1./s1. The third-order valence-electron chi connectivity index (χ3n) is 5.82. The number of aryl methyl sites for hydroxylation is 1. The molecule has 1 amide bonds. The summed E-state index contributed by atoms with van der Waals surface area (Å²) in [5.74, 6) is -0.667. The number of ether oxygens (including phenoxy) is 1. The molecule has 2 aliphatic heterocycles. The quantitative estimate of drug-likeness (QED) is 0.583. The van der Waals surface area contributed by atoms with Gasteiger partial charge in [0.15, 0.2) is 0 Å². The number of aromatic amines is 1. The highest BCUT2D eigenvalue weighted by Gasteiger charge is 2.41. The van der Waals surface area contributed by atoms with Gasteiger partial charge in [-0.2, -0.15) is 5.10 Å². The molecule has 32 heavy (non-hydrogen) atoms. The molecule has 0 spiro atoms. The Kier molecular flexibility index (Phi) is 8.29. The zero-order chi connectivity index (χ0) is 23.1. The first-order chi connectivity index (χ1) is 15.4. The number of amides is 1.